The predicted molar refractivity (Wildman–Crippen MR) is 139 cm³/mol. The molecule has 0 fully saturated rings. The van der Waals surface area contributed by atoms with Gasteiger partial charge in [-0.2, -0.15) is 15.1 Å². The summed E-state index contributed by atoms with van der Waals surface area (Å²) >= 11 is 2.83. The van der Waals surface area contributed by atoms with Crippen LogP contribution in [0.4, 0.5) is 0 Å². The lowest BCUT2D eigenvalue weighted by atomic mass is 10.1. The van der Waals surface area contributed by atoms with Gasteiger partial charge in [-0.25, -0.2) is 0 Å². The number of hydrogen-bond acceptors (Lipinski definition) is 8. The number of hydrazone groups is 1. The molecule has 0 bridgehead atoms. The van der Waals surface area contributed by atoms with Gasteiger partial charge < -0.3 is 14.2 Å². The minimum Gasteiger partial charge on any atom is -0.493 e. The average molecular weight is 505 g/mol. The van der Waals surface area contributed by atoms with Crippen LogP contribution in [0.1, 0.15) is 10.4 Å². The highest BCUT2D eigenvalue weighted by Gasteiger charge is 2.36. The van der Waals surface area contributed by atoms with Crippen molar-refractivity contribution in [3.63, 3.8) is 0 Å². The van der Waals surface area contributed by atoms with Crippen molar-refractivity contribution in [2.24, 2.45) is 10.1 Å². The standard InChI is InChI=1S/C25H20N4O4S2/c1-31-20-15-16(9-10-19(20)33-12-11-32-17-6-3-2-4-7-17)14-18-22(26)29-25(27-23(18)30)35-24(28-29)21-8-5-13-34-21/h2-10,13-15,26H,11-12H2,1H3/b18-14-,26-22?. The summed E-state index contributed by atoms with van der Waals surface area (Å²) in [5.74, 6) is 1.34. The van der Waals surface area contributed by atoms with Gasteiger partial charge in [-0.15, -0.1) is 11.3 Å². The third-order valence-corrected chi connectivity index (χ3v) is 6.99. The predicted octanol–water partition coefficient (Wildman–Crippen LogP) is 4.88. The van der Waals surface area contributed by atoms with E-state index >= 15 is 0 Å². The van der Waals surface area contributed by atoms with Crippen LogP contribution in [0, 0.1) is 5.41 Å². The molecule has 3 aromatic rings. The molecule has 0 atom stereocenters. The summed E-state index contributed by atoms with van der Waals surface area (Å²) in [7, 11) is 1.55. The molecule has 0 saturated heterocycles. The van der Waals surface area contributed by atoms with Gasteiger partial charge in [-0.1, -0.05) is 30.3 Å². The number of nitrogens with zero attached hydrogens (tertiary/aromatic N) is 3. The van der Waals surface area contributed by atoms with E-state index in [1.54, 1.807) is 42.7 Å². The van der Waals surface area contributed by atoms with E-state index in [0.717, 1.165) is 15.7 Å². The number of carbonyl (C=O) groups is 1. The Bertz CT molecular complexity index is 1350. The van der Waals surface area contributed by atoms with Crippen LogP contribution in [0.3, 0.4) is 0 Å². The van der Waals surface area contributed by atoms with Crippen LogP contribution in [0.5, 0.6) is 17.2 Å². The van der Waals surface area contributed by atoms with Crippen LogP contribution < -0.4 is 14.2 Å². The molecule has 1 aromatic heterocycles. The number of aliphatic imine (C=N–C) groups is 1. The van der Waals surface area contributed by atoms with E-state index < -0.39 is 5.91 Å². The van der Waals surface area contributed by atoms with E-state index in [1.165, 1.54) is 16.8 Å². The number of nitrogens with one attached hydrogen (secondary N) is 1. The topological polar surface area (TPSA) is 96.6 Å². The number of thioether (sulfide) groups is 1. The van der Waals surface area contributed by atoms with Crippen LogP contribution in [-0.2, 0) is 4.79 Å². The number of hydrogen-bond donors (Lipinski definition) is 1. The Labute approximate surface area is 210 Å². The lowest BCUT2D eigenvalue weighted by Gasteiger charge is -2.20. The van der Waals surface area contributed by atoms with Crippen LogP contribution in [0.2, 0.25) is 0 Å². The number of amides is 1. The van der Waals surface area contributed by atoms with Gasteiger partial charge in [0.05, 0.1) is 17.6 Å². The monoisotopic (exact) mass is 504 g/mol. The summed E-state index contributed by atoms with van der Waals surface area (Å²) < 4.78 is 16.9. The highest BCUT2D eigenvalue weighted by molar-refractivity contribution is 8.27. The quantitative estimate of drug-likeness (QED) is 0.347. The Morgan fingerprint density at radius 3 is 2.63 bits per heavy atom. The second-order valence-corrected chi connectivity index (χ2v) is 9.23. The summed E-state index contributed by atoms with van der Waals surface area (Å²) in [6, 6.07) is 18.7. The maximum Gasteiger partial charge on any atom is 0.283 e. The van der Waals surface area contributed by atoms with Gasteiger partial charge in [0.1, 0.15) is 24.0 Å². The molecule has 3 heterocycles. The highest BCUT2D eigenvalue weighted by atomic mass is 32.2. The van der Waals surface area contributed by atoms with Gasteiger partial charge in [0.15, 0.2) is 17.3 Å². The minimum atomic E-state index is -0.478. The van der Waals surface area contributed by atoms with Gasteiger partial charge in [0.25, 0.3) is 5.91 Å². The molecule has 1 amide bonds. The fraction of sp³-hybridized carbons (Fsp3) is 0.120. The Morgan fingerprint density at radius 2 is 1.86 bits per heavy atom. The van der Waals surface area contributed by atoms with Crippen molar-refractivity contribution in [3.05, 3.63) is 82.1 Å². The van der Waals surface area contributed by atoms with Crippen molar-refractivity contribution >= 4 is 51.1 Å². The minimum absolute atomic E-state index is 0.0172. The number of carbonyl (C=O) groups excluding carboxylic acids is 1. The molecule has 2 aromatic carbocycles. The maximum absolute atomic E-state index is 12.7. The van der Waals surface area contributed by atoms with E-state index in [4.69, 9.17) is 19.6 Å². The lowest BCUT2D eigenvalue weighted by molar-refractivity contribution is -0.114. The van der Waals surface area contributed by atoms with Crippen LogP contribution >= 0.6 is 23.1 Å². The first kappa shape index (κ1) is 22.9. The molecule has 5 rings (SSSR count). The van der Waals surface area contributed by atoms with Gasteiger partial charge in [0, 0.05) is 0 Å². The maximum atomic E-state index is 12.7. The van der Waals surface area contributed by atoms with Crippen molar-refractivity contribution < 1.29 is 19.0 Å². The van der Waals surface area contributed by atoms with Gasteiger partial charge in [-0.3, -0.25) is 10.2 Å². The van der Waals surface area contributed by atoms with Crippen LogP contribution in [0.15, 0.2) is 81.7 Å². The molecule has 1 N–H and O–H groups in total. The number of amidine groups is 2. The molecule has 0 radical (unpaired) electrons. The van der Waals surface area contributed by atoms with Crippen molar-refractivity contribution in [2.75, 3.05) is 20.3 Å². The van der Waals surface area contributed by atoms with Crippen molar-refractivity contribution in [3.8, 4) is 17.2 Å². The summed E-state index contributed by atoms with van der Waals surface area (Å²) in [5.41, 5.74) is 0.827. The Morgan fingerprint density at radius 1 is 1.03 bits per heavy atom. The summed E-state index contributed by atoms with van der Waals surface area (Å²) in [6.07, 6.45) is 1.61. The molecule has 0 saturated carbocycles. The molecule has 2 aliphatic heterocycles. The Hall–Kier alpha value is -3.89. The smallest absolute Gasteiger partial charge is 0.283 e. The van der Waals surface area contributed by atoms with E-state index in [2.05, 4.69) is 10.1 Å². The zero-order valence-corrected chi connectivity index (χ0v) is 20.3. The first-order chi connectivity index (χ1) is 17.1. The van der Waals surface area contributed by atoms with E-state index in [0.29, 0.717) is 35.4 Å². The largest absolute Gasteiger partial charge is 0.493 e. The van der Waals surface area contributed by atoms with E-state index in [1.807, 2.05) is 47.8 Å². The zero-order chi connectivity index (χ0) is 24.2. The highest BCUT2D eigenvalue weighted by Crippen LogP contribution is 2.33. The number of fused-ring (bicyclic) bond motifs is 1. The number of methoxy groups -OCH3 is 1. The molecule has 0 unspecified atom stereocenters. The molecular formula is C25H20N4O4S2. The van der Waals surface area contributed by atoms with E-state index in [-0.39, 0.29) is 11.4 Å². The average Bonchev–Trinajstić information content (AvgIpc) is 3.56. The number of rotatable bonds is 8. The molecule has 0 spiro atoms. The Balaban J connectivity index is 1.29. The normalized spacial score (nSPS) is 16.1. The van der Waals surface area contributed by atoms with Crippen molar-refractivity contribution in [2.45, 2.75) is 0 Å². The molecule has 0 aliphatic carbocycles. The SMILES string of the molecule is COc1cc(/C=C2/C(=N)N3N=C(c4cccs4)SC3=NC2=O)ccc1OCCOc1ccccc1. The first-order valence-electron chi connectivity index (χ1n) is 10.6. The molecular weight excluding hydrogens is 484 g/mol. The molecule has 35 heavy (non-hydrogen) atoms. The van der Waals surface area contributed by atoms with Gasteiger partial charge >= 0.3 is 0 Å². The molecule has 8 nitrogen and oxygen atoms in total. The Kier molecular flexibility index (Phi) is 6.64. The molecule has 176 valence electrons. The molecule has 2 aliphatic rings. The second-order valence-electron chi connectivity index (χ2n) is 7.32. The number of para-hydroxylation sites is 1. The summed E-state index contributed by atoms with van der Waals surface area (Å²) in [4.78, 5) is 17.8. The van der Waals surface area contributed by atoms with Crippen LogP contribution in [-0.4, -0.2) is 47.3 Å². The number of benzene rings is 2. The van der Waals surface area contributed by atoms with Crippen molar-refractivity contribution in [1.29, 1.82) is 5.41 Å². The zero-order valence-electron chi connectivity index (χ0n) is 18.6. The third kappa shape index (κ3) is 4.98. The van der Waals surface area contributed by atoms with Gasteiger partial charge in [0.2, 0.25) is 5.17 Å². The first-order valence-corrected chi connectivity index (χ1v) is 12.3. The second kappa shape index (κ2) is 10.2. The summed E-state index contributed by atoms with van der Waals surface area (Å²) in [6.45, 7) is 0.719. The van der Waals surface area contributed by atoms with E-state index in [9.17, 15) is 4.79 Å². The number of thiophene rings is 1. The van der Waals surface area contributed by atoms with Crippen LogP contribution in [0.25, 0.3) is 6.08 Å². The van der Waals surface area contributed by atoms with Gasteiger partial charge in [-0.05, 0) is 59.1 Å². The molecule has 10 heteroatoms. The fourth-order valence-electron chi connectivity index (χ4n) is 3.38. The third-order valence-electron chi connectivity index (χ3n) is 5.04. The number of ether oxygens (including phenoxy) is 3. The summed E-state index contributed by atoms with van der Waals surface area (Å²) in [5, 5.41) is 17.5. The fourth-order valence-corrected chi connectivity index (χ4v) is 5.06. The van der Waals surface area contributed by atoms with Crippen molar-refractivity contribution in [1.82, 2.24) is 5.01 Å². The lowest BCUT2D eigenvalue weighted by Crippen LogP contribution is -2.35.